The van der Waals surface area contributed by atoms with E-state index < -0.39 is 0 Å². The number of nitriles is 1. The van der Waals surface area contributed by atoms with Gasteiger partial charge >= 0.3 is 0 Å². The maximum absolute atomic E-state index is 13.9. The molecule has 0 aromatic heterocycles. The van der Waals surface area contributed by atoms with Gasteiger partial charge in [0, 0.05) is 25.7 Å². The van der Waals surface area contributed by atoms with Crippen molar-refractivity contribution in [3.8, 4) is 6.07 Å². The molecule has 6 nitrogen and oxygen atoms in total. The van der Waals surface area contributed by atoms with Crippen molar-refractivity contribution < 1.29 is 4.79 Å². The van der Waals surface area contributed by atoms with Crippen LogP contribution in [0, 0.1) is 11.3 Å². The van der Waals surface area contributed by atoms with Crippen molar-refractivity contribution >= 4 is 46.0 Å². The van der Waals surface area contributed by atoms with Gasteiger partial charge in [0.2, 0.25) is 0 Å². The van der Waals surface area contributed by atoms with Crippen LogP contribution < -0.4 is 5.32 Å². The molecule has 1 saturated heterocycles. The number of carbonyl (C=O) groups is 1. The van der Waals surface area contributed by atoms with Gasteiger partial charge in [-0.3, -0.25) is 9.69 Å². The van der Waals surface area contributed by atoms with Crippen LogP contribution in [0.2, 0.25) is 0 Å². The number of likely N-dealkylation sites (N-methyl/N-ethyl adjacent to an activating group) is 1. The first-order chi connectivity index (χ1) is 18.6. The maximum atomic E-state index is 13.9. The predicted octanol–water partition coefficient (Wildman–Crippen LogP) is 6.68. The first kappa shape index (κ1) is 25.7. The molecule has 38 heavy (non-hydrogen) atoms. The van der Waals surface area contributed by atoms with Crippen LogP contribution in [0.1, 0.15) is 23.6 Å². The lowest BCUT2D eigenvalue weighted by Crippen LogP contribution is -2.29. The van der Waals surface area contributed by atoms with E-state index in [-0.39, 0.29) is 5.91 Å². The average molecular weight is 538 g/mol. The molecule has 8 heteroatoms. The molecule has 0 spiro atoms. The zero-order chi connectivity index (χ0) is 26.5. The largest absolute Gasteiger partial charge is 0.384 e. The van der Waals surface area contributed by atoms with Crippen molar-refractivity contribution in [2.45, 2.75) is 19.9 Å². The fourth-order valence-electron chi connectivity index (χ4n) is 4.24. The molecule has 2 aliphatic heterocycles. The van der Waals surface area contributed by atoms with Crippen LogP contribution in [0.4, 0.5) is 11.4 Å². The highest BCUT2D eigenvalue weighted by Gasteiger charge is 2.38. The minimum Gasteiger partial charge on any atom is -0.384 e. The lowest BCUT2D eigenvalue weighted by Gasteiger charge is -2.19. The van der Waals surface area contributed by atoms with Crippen molar-refractivity contribution in [3.05, 3.63) is 117 Å². The fraction of sp³-hybridized carbons (Fsp3) is 0.167. The Bertz CT molecular complexity index is 1480. The van der Waals surface area contributed by atoms with E-state index >= 15 is 0 Å². The second kappa shape index (κ2) is 11.6. The number of aliphatic imine (C=N–C) groups is 1. The second-order valence-electron chi connectivity index (χ2n) is 8.83. The van der Waals surface area contributed by atoms with Gasteiger partial charge in [0.1, 0.15) is 4.91 Å². The summed E-state index contributed by atoms with van der Waals surface area (Å²) in [5.74, 6) is -0.0669. The van der Waals surface area contributed by atoms with Crippen molar-refractivity contribution in [3.63, 3.8) is 0 Å². The third kappa shape index (κ3) is 5.49. The summed E-state index contributed by atoms with van der Waals surface area (Å²) < 4.78 is 0. The number of amides is 1. The van der Waals surface area contributed by atoms with Crippen molar-refractivity contribution in [2.75, 3.05) is 18.9 Å². The average Bonchev–Trinajstić information content (AvgIpc) is 3.45. The van der Waals surface area contributed by atoms with E-state index in [0.717, 1.165) is 34.9 Å². The Kier molecular flexibility index (Phi) is 7.87. The summed E-state index contributed by atoms with van der Waals surface area (Å²) in [7, 11) is 2.02. The molecule has 0 saturated carbocycles. The molecule has 2 heterocycles. The highest BCUT2D eigenvalue weighted by Crippen LogP contribution is 2.45. The SMILES string of the molecule is CCNc1ccc(C#N)cc1N=C1S/C(=C2\SC=C(Cc3ccccc3)N2C)C(=O)N1Cc1ccccc1. The second-order valence-corrected chi connectivity index (χ2v) is 10.7. The summed E-state index contributed by atoms with van der Waals surface area (Å²) in [6.07, 6.45) is 0.793. The normalized spacial score (nSPS) is 18.2. The van der Waals surface area contributed by atoms with Crippen LogP contribution in [-0.2, 0) is 17.8 Å². The van der Waals surface area contributed by atoms with E-state index in [4.69, 9.17) is 4.99 Å². The van der Waals surface area contributed by atoms with Gasteiger partial charge in [0.25, 0.3) is 5.91 Å². The number of nitrogens with zero attached hydrogens (tertiary/aromatic N) is 4. The van der Waals surface area contributed by atoms with Crippen LogP contribution in [0.5, 0.6) is 0 Å². The number of hydrogen-bond donors (Lipinski definition) is 1. The summed E-state index contributed by atoms with van der Waals surface area (Å²) in [4.78, 5) is 23.3. The topological polar surface area (TPSA) is 71.7 Å². The molecule has 0 bridgehead atoms. The molecule has 190 valence electrons. The summed E-state index contributed by atoms with van der Waals surface area (Å²) in [6, 6.07) is 27.9. The Hall–Kier alpha value is -3.93. The summed E-state index contributed by atoms with van der Waals surface area (Å²) >= 11 is 2.97. The van der Waals surface area contributed by atoms with Crippen LogP contribution in [-0.4, -0.2) is 34.5 Å². The molecule has 3 aromatic carbocycles. The molecule has 5 rings (SSSR count). The zero-order valence-electron chi connectivity index (χ0n) is 21.2. The molecule has 1 amide bonds. The number of allylic oxidation sites excluding steroid dienone is 1. The molecule has 1 N–H and O–H groups in total. The van der Waals surface area contributed by atoms with Gasteiger partial charge in [-0.05, 0) is 53.4 Å². The van der Waals surface area contributed by atoms with Crippen LogP contribution in [0.3, 0.4) is 0 Å². The van der Waals surface area contributed by atoms with Gasteiger partial charge in [0.15, 0.2) is 5.17 Å². The van der Waals surface area contributed by atoms with Crippen LogP contribution >= 0.6 is 23.5 Å². The number of rotatable bonds is 7. The third-order valence-corrected chi connectivity index (χ3v) is 8.51. The quantitative estimate of drug-likeness (QED) is 0.339. The third-order valence-electron chi connectivity index (χ3n) is 6.22. The van der Waals surface area contributed by atoms with Crippen molar-refractivity contribution in [1.82, 2.24) is 9.80 Å². The van der Waals surface area contributed by atoms with E-state index in [0.29, 0.717) is 27.9 Å². The van der Waals surface area contributed by atoms with Crippen LogP contribution in [0.25, 0.3) is 0 Å². The van der Waals surface area contributed by atoms with Gasteiger partial charge in [0.05, 0.1) is 34.6 Å². The van der Waals surface area contributed by atoms with E-state index in [2.05, 4.69) is 33.8 Å². The Morgan fingerprint density at radius 1 is 1.00 bits per heavy atom. The smallest absolute Gasteiger partial charge is 0.269 e. The molecule has 0 aliphatic carbocycles. The highest BCUT2D eigenvalue weighted by molar-refractivity contribution is 8.19. The number of anilines is 1. The Morgan fingerprint density at radius 2 is 1.71 bits per heavy atom. The number of thioether (sulfide) groups is 2. The number of amidine groups is 1. The fourth-order valence-corrected chi connectivity index (χ4v) is 6.48. The monoisotopic (exact) mass is 537 g/mol. The van der Waals surface area contributed by atoms with Crippen molar-refractivity contribution in [1.29, 1.82) is 5.26 Å². The van der Waals surface area contributed by atoms with Gasteiger partial charge < -0.3 is 10.2 Å². The Morgan fingerprint density at radius 3 is 2.39 bits per heavy atom. The van der Waals surface area contributed by atoms with Gasteiger partial charge in [-0.15, -0.1) is 0 Å². The first-order valence-corrected chi connectivity index (χ1v) is 14.0. The molecule has 0 atom stereocenters. The molecular weight excluding hydrogens is 510 g/mol. The molecule has 1 fully saturated rings. The Labute approximate surface area is 231 Å². The number of nitrogens with one attached hydrogen (secondary N) is 1. The number of carbonyl (C=O) groups excluding carboxylic acids is 1. The lowest BCUT2D eigenvalue weighted by atomic mass is 10.1. The molecule has 0 unspecified atom stereocenters. The lowest BCUT2D eigenvalue weighted by molar-refractivity contribution is -0.122. The molecule has 0 radical (unpaired) electrons. The number of benzene rings is 3. The summed E-state index contributed by atoms with van der Waals surface area (Å²) in [6.45, 7) is 3.14. The van der Waals surface area contributed by atoms with Gasteiger partial charge in [-0.25, -0.2) is 4.99 Å². The van der Waals surface area contributed by atoms with Gasteiger partial charge in [-0.2, -0.15) is 5.26 Å². The van der Waals surface area contributed by atoms with E-state index in [9.17, 15) is 10.1 Å². The molecular formula is C30H27N5OS2. The predicted molar refractivity (Wildman–Crippen MR) is 158 cm³/mol. The summed E-state index contributed by atoms with van der Waals surface area (Å²) in [5.41, 5.74) is 5.38. The van der Waals surface area contributed by atoms with Crippen LogP contribution in [0.15, 0.2) is 105 Å². The Balaban J connectivity index is 1.51. The van der Waals surface area contributed by atoms with E-state index in [1.807, 2.05) is 68.6 Å². The summed E-state index contributed by atoms with van der Waals surface area (Å²) in [5, 5.41) is 16.4. The van der Waals surface area contributed by atoms with E-state index in [1.165, 1.54) is 17.3 Å². The number of hydrogen-bond acceptors (Lipinski definition) is 7. The molecule has 2 aliphatic rings. The maximum Gasteiger partial charge on any atom is 0.269 e. The first-order valence-electron chi connectivity index (χ1n) is 12.4. The minimum atomic E-state index is -0.0669. The van der Waals surface area contributed by atoms with E-state index in [1.54, 1.807) is 28.8 Å². The van der Waals surface area contributed by atoms with Crippen molar-refractivity contribution in [2.24, 2.45) is 4.99 Å². The standard InChI is InChI=1S/C30H27N5OS2/c1-3-32-25-15-14-23(18-31)17-26(25)33-30-35(19-22-12-8-5-9-13-22)28(36)27(38-30)29-34(2)24(20-37-29)16-21-10-6-4-7-11-21/h4-15,17,20,32H,3,16,19H2,1-2H3/b29-27-,33-30?. The zero-order valence-corrected chi connectivity index (χ0v) is 22.9. The minimum absolute atomic E-state index is 0.0669. The highest BCUT2D eigenvalue weighted by atomic mass is 32.2. The van der Waals surface area contributed by atoms with Gasteiger partial charge in [-0.1, -0.05) is 72.4 Å². The molecule has 3 aromatic rings.